The molecule has 1 N–H and O–H groups in total. The number of halogens is 1. The summed E-state index contributed by atoms with van der Waals surface area (Å²) in [6.07, 6.45) is 1.09. The predicted octanol–water partition coefficient (Wildman–Crippen LogP) is 3.79. The molecule has 0 aliphatic heterocycles. The van der Waals surface area contributed by atoms with Gasteiger partial charge >= 0.3 is 0 Å². The van der Waals surface area contributed by atoms with Gasteiger partial charge in [-0.25, -0.2) is 4.98 Å². The molecule has 0 bridgehead atoms. The minimum atomic E-state index is 0.152. The van der Waals surface area contributed by atoms with E-state index in [-0.39, 0.29) is 5.54 Å². The quantitative estimate of drug-likeness (QED) is 0.852. The molecule has 0 atom stereocenters. The van der Waals surface area contributed by atoms with Gasteiger partial charge in [-0.1, -0.05) is 18.5 Å². The van der Waals surface area contributed by atoms with Crippen molar-refractivity contribution in [2.24, 2.45) is 0 Å². The van der Waals surface area contributed by atoms with Crippen LogP contribution in [-0.4, -0.2) is 29.0 Å². The van der Waals surface area contributed by atoms with Crippen molar-refractivity contribution in [3.05, 3.63) is 22.8 Å². The van der Waals surface area contributed by atoms with Gasteiger partial charge in [0.2, 0.25) is 0 Å². The standard InChI is InChI=1S/C14H24ClN3/c1-6-14(3,4)18(5)10-12-11(15)8-9-13(17-12)16-7-2/h8-9H,6-7,10H2,1-5H3,(H,16,17). The van der Waals surface area contributed by atoms with Crippen molar-refractivity contribution in [1.29, 1.82) is 0 Å². The summed E-state index contributed by atoms with van der Waals surface area (Å²) in [5, 5.41) is 3.94. The fraction of sp³-hybridized carbons (Fsp3) is 0.643. The Balaban J connectivity index is 2.86. The molecule has 0 aromatic carbocycles. The lowest BCUT2D eigenvalue weighted by Gasteiger charge is -2.34. The van der Waals surface area contributed by atoms with E-state index in [0.29, 0.717) is 0 Å². The molecule has 0 spiro atoms. The highest BCUT2D eigenvalue weighted by Crippen LogP contribution is 2.23. The summed E-state index contributed by atoms with van der Waals surface area (Å²) in [5.41, 5.74) is 1.08. The first-order valence-corrected chi connectivity index (χ1v) is 6.89. The molecule has 0 radical (unpaired) electrons. The van der Waals surface area contributed by atoms with Crippen LogP contribution in [0.5, 0.6) is 0 Å². The van der Waals surface area contributed by atoms with Gasteiger partial charge in [-0.2, -0.15) is 0 Å². The number of hydrogen-bond acceptors (Lipinski definition) is 3. The van der Waals surface area contributed by atoms with E-state index in [0.717, 1.165) is 36.0 Å². The van der Waals surface area contributed by atoms with Gasteiger partial charge in [0, 0.05) is 18.6 Å². The summed E-state index contributed by atoms with van der Waals surface area (Å²) < 4.78 is 0. The summed E-state index contributed by atoms with van der Waals surface area (Å²) in [6, 6.07) is 3.83. The van der Waals surface area contributed by atoms with Crippen molar-refractivity contribution < 1.29 is 0 Å². The summed E-state index contributed by atoms with van der Waals surface area (Å²) in [7, 11) is 2.11. The molecule has 3 nitrogen and oxygen atoms in total. The molecular formula is C14H24ClN3. The third kappa shape index (κ3) is 3.85. The maximum absolute atomic E-state index is 6.22. The summed E-state index contributed by atoms with van der Waals surface area (Å²) >= 11 is 6.22. The van der Waals surface area contributed by atoms with Crippen molar-refractivity contribution in [2.45, 2.75) is 46.2 Å². The van der Waals surface area contributed by atoms with Gasteiger partial charge in [0.25, 0.3) is 0 Å². The van der Waals surface area contributed by atoms with Crippen LogP contribution in [0.3, 0.4) is 0 Å². The van der Waals surface area contributed by atoms with Gasteiger partial charge in [0.05, 0.1) is 10.7 Å². The predicted molar refractivity (Wildman–Crippen MR) is 79.2 cm³/mol. The molecule has 0 unspecified atom stereocenters. The fourth-order valence-corrected chi connectivity index (χ4v) is 1.75. The van der Waals surface area contributed by atoms with Crippen molar-refractivity contribution in [1.82, 2.24) is 9.88 Å². The van der Waals surface area contributed by atoms with E-state index in [9.17, 15) is 0 Å². The number of nitrogens with one attached hydrogen (secondary N) is 1. The molecule has 0 aliphatic rings. The zero-order chi connectivity index (χ0) is 13.8. The third-order valence-electron chi connectivity index (χ3n) is 3.56. The minimum Gasteiger partial charge on any atom is -0.370 e. The zero-order valence-electron chi connectivity index (χ0n) is 12.0. The van der Waals surface area contributed by atoms with Crippen LogP contribution < -0.4 is 5.32 Å². The average molecular weight is 270 g/mol. The van der Waals surface area contributed by atoms with E-state index in [1.54, 1.807) is 0 Å². The van der Waals surface area contributed by atoms with Gasteiger partial charge in [0.1, 0.15) is 5.82 Å². The SMILES string of the molecule is CCNc1ccc(Cl)c(CN(C)C(C)(C)CC)n1. The number of nitrogens with zero attached hydrogens (tertiary/aromatic N) is 2. The number of hydrogen-bond donors (Lipinski definition) is 1. The Morgan fingerprint density at radius 3 is 2.56 bits per heavy atom. The number of anilines is 1. The number of aromatic nitrogens is 1. The Morgan fingerprint density at radius 1 is 1.33 bits per heavy atom. The fourth-order valence-electron chi connectivity index (χ4n) is 1.58. The first-order chi connectivity index (χ1) is 8.40. The molecule has 4 heteroatoms. The lowest BCUT2D eigenvalue weighted by atomic mass is 10.00. The van der Waals surface area contributed by atoms with Crippen LogP contribution in [0.25, 0.3) is 0 Å². The van der Waals surface area contributed by atoms with Gasteiger partial charge in [0.15, 0.2) is 0 Å². The smallest absolute Gasteiger partial charge is 0.126 e. The van der Waals surface area contributed by atoms with Gasteiger partial charge < -0.3 is 5.32 Å². The van der Waals surface area contributed by atoms with Crippen LogP contribution >= 0.6 is 11.6 Å². The topological polar surface area (TPSA) is 28.2 Å². The first kappa shape index (κ1) is 15.3. The summed E-state index contributed by atoms with van der Waals surface area (Å²) in [5.74, 6) is 0.889. The van der Waals surface area contributed by atoms with Crippen LogP contribution in [-0.2, 0) is 6.54 Å². The Bertz CT molecular complexity index is 391. The van der Waals surface area contributed by atoms with E-state index in [1.807, 2.05) is 12.1 Å². The van der Waals surface area contributed by atoms with Gasteiger partial charge in [-0.05, 0) is 46.4 Å². The maximum Gasteiger partial charge on any atom is 0.126 e. The normalized spacial score (nSPS) is 11.9. The third-order valence-corrected chi connectivity index (χ3v) is 3.91. The Labute approximate surface area is 116 Å². The minimum absolute atomic E-state index is 0.152. The molecule has 18 heavy (non-hydrogen) atoms. The summed E-state index contributed by atoms with van der Waals surface area (Å²) in [6.45, 7) is 10.3. The van der Waals surface area contributed by atoms with Gasteiger partial charge in [-0.15, -0.1) is 0 Å². The van der Waals surface area contributed by atoms with Crippen LogP contribution in [0.2, 0.25) is 5.02 Å². The molecular weight excluding hydrogens is 246 g/mol. The molecule has 0 amide bonds. The van der Waals surface area contributed by atoms with E-state index in [1.165, 1.54) is 0 Å². The number of pyridine rings is 1. The Morgan fingerprint density at radius 2 is 2.00 bits per heavy atom. The molecule has 0 saturated heterocycles. The molecule has 1 heterocycles. The molecule has 0 saturated carbocycles. The molecule has 102 valence electrons. The Kier molecular flexibility index (Phi) is 5.42. The molecule has 1 aromatic rings. The van der Waals surface area contributed by atoms with E-state index in [2.05, 4.69) is 49.9 Å². The molecule has 1 rings (SSSR count). The second-order valence-electron chi connectivity index (χ2n) is 5.18. The molecule has 0 fully saturated rings. The summed E-state index contributed by atoms with van der Waals surface area (Å²) in [4.78, 5) is 6.85. The lowest BCUT2D eigenvalue weighted by Crippen LogP contribution is -2.40. The van der Waals surface area contributed by atoms with E-state index >= 15 is 0 Å². The van der Waals surface area contributed by atoms with Crippen LogP contribution in [0.15, 0.2) is 12.1 Å². The number of rotatable bonds is 6. The largest absolute Gasteiger partial charge is 0.370 e. The van der Waals surface area contributed by atoms with E-state index < -0.39 is 0 Å². The van der Waals surface area contributed by atoms with Crippen LogP contribution in [0.1, 0.15) is 39.8 Å². The highest BCUT2D eigenvalue weighted by Gasteiger charge is 2.22. The van der Waals surface area contributed by atoms with Crippen molar-refractivity contribution in [2.75, 3.05) is 18.9 Å². The lowest BCUT2D eigenvalue weighted by molar-refractivity contribution is 0.141. The maximum atomic E-state index is 6.22. The highest BCUT2D eigenvalue weighted by atomic mass is 35.5. The van der Waals surface area contributed by atoms with Crippen molar-refractivity contribution in [3.8, 4) is 0 Å². The monoisotopic (exact) mass is 269 g/mol. The molecule has 0 aliphatic carbocycles. The van der Waals surface area contributed by atoms with Crippen molar-refractivity contribution in [3.63, 3.8) is 0 Å². The van der Waals surface area contributed by atoms with E-state index in [4.69, 9.17) is 11.6 Å². The van der Waals surface area contributed by atoms with Gasteiger partial charge in [-0.3, -0.25) is 4.90 Å². The van der Waals surface area contributed by atoms with Crippen molar-refractivity contribution >= 4 is 17.4 Å². The second kappa shape index (κ2) is 6.39. The molecule has 1 aromatic heterocycles. The Hall–Kier alpha value is -0.800. The zero-order valence-corrected chi connectivity index (χ0v) is 12.8. The van der Waals surface area contributed by atoms with Crippen LogP contribution in [0.4, 0.5) is 5.82 Å². The second-order valence-corrected chi connectivity index (χ2v) is 5.58. The van der Waals surface area contributed by atoms with Crippen LogP contribution in [0, 0.1) is 0 Å². The highest BCUT2D eigenvalue weighted by molar-refractivity contribution is 6.31. The first-order valence-electron chi connectivity index (χ1n) is 6.51. The average Bonchev–Trinajstić information content (AvgIpc) is 2.33.